The van der Waals surface area contributed by atoms with Crippen LogP contribution in [0.25, 0.3) is 6.08 Å². The van der Waals surface area contributed by atoms with Crippen molar-refractivity contribution in [3.63, 3.8) is 0 Å². The molecule has 0 atom stereocenters. The van der Waals surface area contributed by atoms with E-state index in [4.69, 9.17) is 21.7 Å². The van der Waals surface area contributed by atoms with Gasteiger partial charge in [-0.25, -0.2) is 4.39 Å². The summed E-state index contributed by atoms with van der Waals surface area (Å²) in [7, 11) is 4.52. The van der Waals surface area contributed by atoms with E-state index in [1.54, 1.807) is 30.3 Å². The molecule has 1 aliphatic heterocycles. The van der Waals surface area contributed by atoms with Gasteiger partial charge in [-0.1, -0.05) is 18.2 Å². The van der Waals surface area contributed by atoms with Gasteiger partial charge in [0.1, 0.15) is 18.0 Å². The van der Waals surface area contributed by atoms with Crippen molar-refractivity contribution in [2.75, 3.05) is 21.2 Å². The first kappa shape index (κ1) is 22.2. The van der Waals surface area contributed by atoms with Gasteiger partial charge in [-0.2, -0.15) is 0 Å². The zero-order valence-electron chi connectivity index (χ0n) is 16.4. The third-order valence-electron chi connectivity index (χ3n) is 4.54. The molecule has 1 aliphatic rings. The van der Waals surface area contributed by atoms with E-state index < -0.39 is 11.8 Å². The monoisotopic (exact) mass is 540 g/mol. The summed E-state index contributed by atoms with van der Waals surface area (Å²) in [6, 6.07) is 9.76. The van der Waals surface area contributed by atoms with Crippen LogP contribution in [0, 0.1) is 9.39 Å². The fourth-order valence-corrected chi connectivity index (χ4v) is 3.82. The molecule has 2 amide bonds. The van der Waals surface area contributed by atoms with Crippen molar-refractivity contribution in [3.8, 4) is 11.5 Å². The van der Waals surface area contributed by atoms with Crippen LogP contribution < -0.4 is 9.47 Å². The largest absolute Gasteiger partial charge is 0.493 e. The molecular weight excluding hydrogens is 522 g/mol. The van der Waals surface area contributed by atoms with Crippen molar-refractivity contribution in [2.45, 2.75) is 6.61 Å². The minimum atomic E-state index is -0.475. The molecule has 2 aromatic carbocycles. The number of hydrogen-bond acceptors (Lipinski definition) is 5. The fraction of sp³-hybridized carbons (Fsp3) is 0.190. The molecule has 0 N–H and O–H groups in total. The molecule has 3 rings (SSSR count). The van der Waals surface area contributed by atoms with Crippen LogP contribution in [0.3, 0.4) is 0 Å². The zero-order chi connectivity index (χ0) is 22.0. The lowest BCUT2D eigenvalue weighted by Crippen LogP contribution is -2.52. The van der Waals surface area contributed by atoms with Gasteiger partial charge in [-0.3, -0.25) is 19.4 Å². The Balaban J connectivity index is 1.93. The average molecular weight is 540 g/mol. The maximum absolute atomic E-state index is 13.9. The van der Waals surface area contributed by atoms with Crippen molar-refractivity contribution >= 4 is 57.8 Å². The number of ether oxygens (including phenoxy) is 2. The molecule has 9 heteroatoms. The molecule has 0 aromatic heterocycles. The molecule has 1 heterocycles. The van der Waals surface area contributed by atoms with Gasteiger partial charge in [0.15, 0.2) is 16.6 Å². The number of hydrogen-bond donors (Lipinski definition) is 0. The van der Waals surface area contributed by atoms with Crippen LogP contribution in [0.1, 0.15) is 11.1 Å². The van der Waals surface area contributed by atoms with Gasteiger partial charge in [0.25, 0.3) is 11.8 Å². The Morgan fingerprint density at radius 3 is 2.37 bits per heavy atom. The Kier molecular flexibility index (Phi) is 6.71. The smallest absolute Gasteiger partial charge is 0.265 e. The normalized spacial score (nSPS) is 14.3. The number of benzene rings is 2. The highest BCUT2D eigenvalue weighted by molar-refractivity contribution is 14.1. The van der Waals surface area contributed by atoms with Crippen LogP contribution in [-0.4, -0.2) is 47.9 Å². The first-order chi connectivity index (χ1) is 14.2. The minimum Gasteiger partial charge on any atom is -0.493 e. The summed E-state index contributed by atoms with van der Waals surface area (Å²) in [4.78, 5) is 27.5. The number of likely N-dealkylation sites (N-methyl/N-ethyl adjacent to an activating group) is 2. The van der Waals surface area contributed by atoms with E-state index in [1.807, 2.05) is 0 Å². The molecule has 0 aliphatic carbocycles. The number of carbonyl (C=O) groups excluding carboxylic acids is 2. The van der Waals surface area contributed by atoms with Gasteiger partial charge in [-0.15, -0.1) is 0 Å². The van der Waals surface area contributed by atoms with Crippen LogP contribution in [0.5, 0.6) is 11.5 Å². The first-order valence-electron chi connectivity index (χ1n) is 8.80. The average Bonchev–Trinajstić information content (AvgIpc) is 2.74. The molecule has 0 bridgehead atoms. The van der Waals surface area contributed by atoms with Crippen molar-refractivity contribution in [3.05, 3.63) is 62.5 Å². The Morgan fingerprint density at radius 1 is 1.13 bits per heavy atom. The summed E-state index contributed by atoms with van der Waals surface area (Å²) < 4.78 is 25.8. The maximum atomic E-state index is 13.9. The predicted octanol–water partition coefficient (Wildman–Crippen LogP) is 3.62. The summed E-state index contributed by atoms with van der Waals surface area (Å²) in [5, 5.41) is 0.145. The van der Waals surface area contributed by atoms with E-state index in [9.17, 15) is 14.0 Å². The predicted molar refractivity (Wildman–Crippen MR) is 123 cm³/mol. The van der Waals surface area contributed by atoms with Gasteiger partial charge in [0.2, 0.25) is 0 Å². The topological polar surface area (TPSA) is 59.1 Å². The Hall–Kier alpha value is -2.53. The van der Waals surface area contributed by atoms with Gasteiger partial charge < -0.3 is 9.47 Å². The molecule has 0 spiro atoms. The number of methoxy groups -OCH3 is 1. The van der Waals surface area contributed by atoms with Crippen molar-refractivity contribution in [1.82, 2.24) is 9.80 Å². The highest BCUT2D eigenvalue weighted by Crippen LogP contribution is 2.35. The number of thiocarbonyl (C=S) groups is 1. The van der Waals surface area contributed by atoms with Crippen LogP contribution in [0.4, 0.5) is 4.39 Å². The summed E-state index contributed by atoms with van der Waals surface area (Å²) in [6.45, 7) is 0.0312. The highest BCUT2D eigenvalue weighted by atomic mass is 127. The summed E-state index contributed by atoms with van der Waals surface area (Å²) in [5.74, 6) is -0.458. The molecule has 0 radical (unpaired) electrons. The van der Waals surface area contributed by atoms with Gasteiger partial charge >= 0.3 is 0 Å². The van der Waals surface area contributed by atoms with Crippen LogP contribution in [0.15, 0.2) is 42.0 Å². The molecule has 0 saturated carbocycles. The lowest BCUT2D eigenvalue weighted by atomic mass is 10.1. The third-order valence-corrected chi connectivity index (χ3v) is 5.89. The number of halogens is 2. The van der Waals surface area contributed by atoms with Crippen LogP contribution >= 0.6 is 34.8 Å². The number of nitrogens with zero attached hydrogens (tertiary/aromatic N) is 2. The van der Waals surface area contributed by atoms with Crippen LogP contribution in [0.2, 0.25) is 0 Å². The van der Waals surface area contributed by atoms with Crippen molar-refractivity contribution in [2.24, 2.45) is 0 Å². The first-order valence-corrected chi connectivity index (χ1v) is 10.3. The van der Waals surface area contributed by atoms with Crippen LogP contribution in [-0.2, 0) is 16.2 Å². The van der Waals surface area contributed by atoms with Crippen molar-refractivity contribution < 1.29 is 23.5 Å². The third kappa shape index (κ3) is 4.31. The molecular formula is C21H18FIN2O4S. The number of amides is 2. The fourth-order valence-electron chi connectivity index (χ4n) is 2.87. The molecule has 6 nitrogen and oxygen atoms in total. The van der Waals surface area contributed by atoms with E-state index in [0.29, 0.717) is 26.2 Å². The lowest BCUT2D eigenvalue weighted by molar-refractivity contribution is -0.132. The summed E-state index contributed by atoms with van der Waals surface area (Å²) in [6.07, 6.45) is 1.49. The molecule has 2 aromatic rings. The standard InChI is InChI=1S/C21H18FIN2O4S/c1-24-19(26)14(20(27)25(2)21(24)30)8-12-9-16(23)18(17(10-12)28-3)29-11-13-6-4-5-7-15(13)22/h4-10H,11H2,1-3H3. The zero-order valence-corrected chi connectivity index (χ0v) is 19.4. The second-order valence-corrected chi connectivity index (χ2v) is 8.01. The highest BCUT2D eigenvalue weighted by Gasteiger charge is 2.35. The second kappa shape index (κ2) is 9.09. The van der Waals surface area contributed by atoms with Crippen molar-refractivity contribution in [1.29, 1.82) is 0 Å². The van der Waals surface area contributed by atoms with E-state index in [1.165, 1.54) is 43.1 Å². The minimum absolute atomic E-state index is 0.00789. The Labute approximate surface area is 192 Å². The second-order valence-electron chi connectivity index (χ2n) is 6.48. The van der Waals surface area contributed by atoms with Gasteiger partial charge in [0, 0.05) is 19.7 Å². The summed E-state index contributed by atoms with van der Waals surface area (Å²) in [5.41, 5.74) is 0.995. The number of carbonyl (C=O) groups is 2. The van der Waals surface area contributed by atoms with E-state index in [2.05, 4.69) is 22.6 Å². The lowest BCUT2D eigenvalue weighted by Gasteiger charge is -2.31. The van der Waals surface area contributed by atoms with E-state index >= 15 is 0 Å². The quantitative estimate of drug-likeness (QED) is 0.251. The van der Waals surface area contributed by atoms with Gasteiger partial charge in [-0.05, 0) is 64.6 Å². The van der Waals surface area contributed by atoms with Gasteiger partial charge in [0.05, 0.1) is 10.7 Å². The van der Waals surface area contributed by atoms with E-state index in [0.717, 1.165) is 0 Å². The molecule has 156 valence electrons. The number of rotatable bonds is 5. The van der Waals surface area contributed by atoms with E-state index in [-0.39, 0.29) is 23.1 Å². The molecule has 30 heavy (non-hydrogen) atoms. The molecule has 0 unspecified atom stereocenters. The maximum Gasteiger partial charge on any atom is 0.265 e. The Bertz CT molecular complexity index is 1050. The molecule has 1 fully saturated rings. The summed E-state index contributed by atoms with van der Waals surface area (Å²) >= 11 is 7.16. The molecule has 1 saturated heterocycles. The Morgan fingerprint density at radius 2 is 1.77 bits per heavy atom. The SMILES string of the molecule is COc1cc(C=C2C(=O)N(C)C(=S)N(C)C2=O)cc(I)c1OCc1ccccc1F.